The highest BCUT2D eigenvalue weighted by molar-refractivity contribution is 7.13. The Morgan fingerprint density at radius 2 is 1.92 bits per heavy atom. The first kappa shape index (κ1) is 16.8. The number of carbonyl (C=O) groups excluding carboxylic acids is 1. The van der Waals surface area contributed by atoms with Gasteiger partial charge in [0.2, 0.25) is 0 Å². The van der Waals surface area contributed by atoms with E-state index in [1.807, 2.05) is 46.6 Å². The van der Waals surface area contributed by atoms with Crippen LogP contribution in [0.25, 0.3) is 16.8 Å². The lowest BCUT2D eigenvalue weighted by Crippen LogP contribution is -2.22. The van der Waals surface area contributed by atoms with Gasteiger partial charge in [0.15, 0.2) is 0 Å². The molecule has 0 fully saturated rings. The molecule has 0 unspecified atom stereocenters. The average molecular weight is 379 g/mol. The molecule has 1 aromatic carbocycles. The molecule has 0 spiro atoms. The average Bonchev–Trinajstić information content (AvgIpc) is 3.40. The van der Waals surface area contributed by atoms with Crippen LogP contribution in [-0.4, -0.2) is 10.5 Å². The number of benzene rings is 1. The van der Waals surface area contributed by atoms with E-state index in [4.69, 9.17) is 0 Å². The molecule has 4 aromatic rings. The summed E-state index contributed by atoms with van der Waals surface area (Å²) in [6.45, 7) is 2.64. The Morgan fingerprint density at radius 3 is 2.65 bits per heavy atom. The lowest BCUT2D eigenvalue weighted by molar-refractivity contribution is 0.0955. The van der Waals surface area contributed by atoms with E-state index >= 15 is 0 Å². The van der Waals surface area contributed by atoms with Crippen LogP contribution in [0.1, 0.15) is 20.1 Å². The maximum absolute atomic E-state index is 12.9. The molecule has 3 nitrogen and oxygen atoms in total. The number of nitrogens with one attached hydrogen (secondary N) is 1. The van der Waals surface area contributed by atoms with Crippen molar-refractivity contribution in [1.82, 2.24) is 9.88 Å². The molecule has 0 saturated heterocycles. The maximum Gasteiger partial charge on any atom is 0.263 e. The predicted octanol–water partition coefficient (Wildman–Crippen LogP) is 5.51. The second-order valence-corrected chi connectivity index (χ2v) is 7.96. The predicted molar refractivity (Wildman–Crippen MR) is 109 cm³/mol. The molecule has 26 heavy (non-hydrogen) atoms. The van der Waals surface area contributed by atoms with E-state index in [0.717, 1.165) is 26.6 Å². The van der Waals surface area contributed by atoms with Crippen LogP contribution in [0.4, 0.5) is 0 Å². The van der Waals surface area contributed by atoms with Gasteiger partial charge in [-0.05, 0) is 36.1 Å². The molecule has 0 atom stereocenters. The number of aromatic nitrogens is 1. The van der Waals surface area contributed by atoms with Crippen LogP contribution in [0.2, 0.25) is 0 Å². The number of hydrogen-bond donors (Lipinski definition) is 1. The lowest BCUT2D eigenvalue weighted by Gasteiger charge is -2.10. The molecule has 0 aliphatic heterocycles. The zero-order valence-corrected chi connectivity index (χ0v) is 15.9. The first-order chi connectivity index (χ1) is 12.7. The Bertz CT molecular complexity index is 1010. The molecule has 3 heterocycles. The van der Waals surface area contributed by atoms with Gasteiger partial charge in [0, 0.05) is 28.2 Å². The van der Waals surface area contributed by atoms with Gasteiger partial charge in [-0.2, -0.15) is 0 Å². The number of thiophene rings is 2. The van der Waals surface area contributed by atoms with Gasteiger partial charge in [-0.3, -0.25) is 4.79 Å². The Labute approximate surface area is 160 Å². The Hall–Kier alpha value is -2.63. The SMILES string of the molecule is Cc1cccc(-c2csc(C(=O)NCc3cccs3)c2-n2cccc2)c1. The summed E-state index contributed by atoms with van der Waals surface area (Å²) in [5.74, 6) is -0.0361. The van der Waals surface area contributed by atoms with Crippen molar-refractivity contribution in [3.8, 4) is 16.8 Å². The topological polar surface area (TPSA) is 34.0 Å². The largest absolute Gasteiger partial charge is 0.346 e. The summed E-state index contributed by atoms with van der Waals surface area (Å²) in [4.78, 5) is 14.7. The van der Waals surface area contributed by atoms with Crippen molar-refractivity contribution < 1.29 is 4.79 Å². The number of hydrogen-bond acceptors (Lipinski definition) is 3. The van der Waals surface area contributed by atoms with Crippen LogP contribution in [0.15, 0.2) is 71.7 Å². The van der Waals surface area contributed by atoms with Crippen molar-refractivity contribution in [2.75, 3.05) is 0 Å². The maximum atomic E-state index is 12.9. The molecule has 4 rings (SSSR count). The van der Waals surface area contributed by atoms with Crippen molar-refractivity contribution in [2.45, 2.75) is 13.5 Å². The van der Waals surface area contributed by atoms with E-state index in [-0.39, 0.29) is 5.91 Å². The third-order valence-electron chi connectivity index (χ3n) is 4.17. The van der Waals surface area contributed by atoms with Crippen molar-refractivity contribution in [3.63, 3.8) is 0 Å². The smallest absolute Gasteiger partial charge is 0.263 e. The fourth-order valence-corrected chi connectivity index (χ4v) is 4.57. The van der Waals surface area contributed by atoms with E-state index in [0.29, 0.717) is 6.54 Å². The van der Waals surface area contributed by atoms with Gasteiger partial charge in [-0.25, -0.2) is 0 Å². The van der Waals surface area contributed by atoms with E-state index in [2.05, 4.69) is 41.9 Å². The number of rotatable bonds is 5. The third kappa shape index (κ3) is 3.36. The summed E-state index contributed by atoms with van der Waals surface area (Å²) < 4.78 is 2.02. The van der Waals surface area contributed by atoms with Crippen LogP contribution < -0.4 is 5.32 Å². The summed E-state index contributed by atoms with van der Waals surface area (Å²) >= 11 is 3.14. The molecule has 3 aromatic heterocycles. The second kappa shape index (κ2) is 7.32. The fourth-order valence-electron chi connectivity index (χ4n) is 2.93. The van der Waals surface area contributed by atoms with Gasteiger partial charge < -0.3 is 9.88 Å². The second-order valence-electron chi connectivity index (χ2n) is 6.05. The van der Waals surface area contributed by atoms with Crippen LogP contribution in [0.5, 0.6) is 0 Å². The van der Waals surface area contributed by atoms with Gasteiger partial charge in [0.1, 0.15) is 4.88 Å². The zero-order valence-electron chi connectivity index (χ0n) is 14.3. The van der Waals surface area contributed by atoms with Crippen molar-refractivity contribution in [3.05, 3.63) is 87.0 Å². The normalized spacial score (nSPS) is 10.8. The molecular weight excluding hydrogens is 360 g/mol. The Kier molecular flexibility index (Phi) is 4.73. The number of aryl methyl sites for hydroxylation is 1. The summed E-state index contributed by atoms with van der Waals surface area (Å²) in [7, 11) is 0. The molecule has 0 radical (unpaired) electrons. The van der Waals surface area contributed by atoms with Crippen LogP contribution in [0.3, 0.4) is 0 Å². The minimum Gasteiger partial charge on any atom is -0.346 e. The summed E-state index contributed by atoms with van der Waals surface area (Å²) in [6.07, 6.45) is 3.97. The fraction of sp³-hybridized carbons (Fsp3) is 0.0952. The van der Waals surface area contributed by atoms with Gasteiger partial charge in [0.05, 0.1) is 12.2 Å². The number of nitrogens with zero attached hydrogens (tertiary/aromatic N) is 1. The summed E-state index contributed by atoms with van der Waals surface area (Å²) in [6, 6.07) is 16.4. The van der Waals surface area contributed by atoms with Crippen LogP contribution in [-0.2, 0) is 6.54 Å². The summed E-state index contributed by atoms with van der Waals surface area (Å²) in [5, 5.41) is 7.14. The van der Waals surface area contributed by atoms with E-state index in [9.17, 15) is 4.79 Å². The Balaban J connectivity index is 1.72. The molecule has 130 valence electrons. The monoisotopic (exact) mass is 378 g/mol. The molecule has 1 amide bonds. The van der Waals surface area contributed by atoms with Crippen molar-refractivity contribution in [2.24, 2.45) is 0 Å². The number of amides is 1. The molecular formula is C21H18N2OS2. The molecule has 0 aliphatic carbocycles. The lowest BCUT2D eigenvalue weighted by atomic mass is 10.0. The van der Waals surface area contributed by atoms with E-state index in [1.165, 1.54) is 16.9 Å². The minimum atomic E-state index is -0.0361. The molecule has 0 bridgehead atoms. The summed E-state index contributed by atoms with van der Waals surface area (Å²) in [5.41, 5.74) is 4.35. The standard InChI is InChI=1S/C21H18N2OS2/c1-15-6-4-7-16(12-15)18-14-26-20(19(18)23-9-2-3-10-23)21(24)22-13-17-8-5-11-25-17/h2-12,14H,13H2,1H3,(H,22,24). The quantitative estimate of drug-likeness (QED) is 0.488. The zero-order chi connectivity index (χ0) is 17.9. The Morgan fingerprint density at radius 1 is 1.08 bits per heavy atom. The number of carbonyl (C=O) groups is 1. The minimum absolute atomic E-state index is 0.0361. The van der Waals surface area contributed by atoms with Crippen LogP contribution in [0, 0.1) is 6.92 Å². The molecule has 5 heteroatoms. The molecule has 0 saturated carbocycles. The highest BCUT2D eigenvalue weighted by Gasteiger charge is 2.20. The molecule has 0 aliphatic rings. The van der Waals surface area contributed by atoms with Crippen LogP contribution >= 0.6 is 22.7 Å². The highest BCUT2D eigenvalue weighted by atomic mass is 32.1. The van der Waals surface area contributed by atoms with Gasteiger partial charge >= 0.3 is 0 Å². The van der Waals surface area contributed by atoms with Gasteiger partial charge in [-0.15, -0.1) is 22.7 Å². The first-order valence-electron chi connectivity index (χ1n) is 8.35. The van der Waals surface area contributed by atoms with Crippen molar-refractivity contribution >= 4 is 28.6 Å². The van der Waals surface area contributed by atoms with Gasteiger partial charge in [-0.1, -0.05) is 35.9 Å². The van der Waals surface area contributed by atoms with Crippen molar-refractivity contribution in [1.29, 1.82) is 0 Å². The van der Waals surface area contributed by atoms with E-state index < -0.39 is 0 Å². The molecule has 1 N–H and O–H groups in total. The third-order valence-corrected chi connectivity index (χ3v) is 6.01. The first-order valence-corrected chi connectivity index (χ1v) is 10.1. The highest BCUT2D eigenvalue weighted by Crippen LogP contribution is 2.35. The van der Waals surface area contributed by atoms with E-state index in [1.54, 1.807) is 11.3 Å². The van der Waals surface area contributed by atoms with Gasteiger partial charge in [0.25, 0.3) is 5.91 Å².